The average Bonchev–Trinajstić information content (AvgIpc) is 3.03. The van der Waals surface area contributed by atoms with Crippen molar-refractivity contribution in [3.8, 4) is 11.5 Å². The molecule has 1 heterocycles. The third-order valence-electron chi connectivity index (χ3n) is 3.40. The molecule has 2 N–H and O–H groups in total. The molecule has 0 saturated heterocycles. The van der Waals surface area contributed by atoms with Crippen molar-refractivity contribution in [2.24, 2.45) is 5.10 Å². The van der Waals surface area contributed by atoms with Crippen molar-refractivity contribution in [2.45, 2.75) is 6.92 Å². The Morgan fingerprint density at radius 1 is 1.13 bits per heavy atom. The van der Waals surface area contributed by atoms with E-state index in [0.717, 1.165) is 27.9 Å². The maximum absolute atomic E-state index is 5.77. The van der Waals surface area contributed by atoms with Crippen LogP contribution in [-0.2, 0) is 0 Å². The first-order valence-electron chi connectivity index (χ1n) is 7.16. The summed E-state index contributed by atoms with van der Waals surface area (Å²) in [5.41, 5.74) is 7.18. The normalized spacial score (nSPS) is 11.5. The van der Waals surface area contributed by atoms with E-state index < -0.39 is 0 Å². The number of aromatic nitrogens is 1. The van der Waals surface area contributed by atoms with Gasteiger partial charge >= 0.3 is 0 Å². The highest BCUT2D eigenvalue weighted by atomic mass is 32.1. The number of para-hydroxylation sites is 2. The standard InChI is InChI=1S/C17H16N4OS/c1-11(20-21-17(23)18-2)12-7-9-13(10-8-12)16-19-14-5-3-4-6-15(14)22-16/h3-10H,1-2H3,(H2,18,21,23)/b20-11+. The lowest BCUT2D eigenvalue weighted by Gasteiger charge is -2.04. The van der Waals surface area contributed by atoms with Crippen molar-refractivity contribution < 1.29 is 4.42 Å². The number of oxazole rings is 1. The molecule has 0 atom stereocenters. The fourth-order valence-electron chi connectivity index (χ4n) is 2.10. The van der Waals surface area contributed by atoms with Crippen molar-refractivity contribution in [3.63, 3.8) is 0 Å². The Kier molecular flexibility index (Phi) is 4.34. The molecule has 23 heavy (non-hydrogen) atoms. The van der Waals surface area contributed by atoms with Gasteiger partial charge in [-0.3, -0.25) is 5.43 Å². The third kappa shape index (κ3) is 3.37. The molecule has 0 fully saturated rings. The highest BCUT2D eigenvalue weighted by Crippen LogP contribution is 2.24. The lowest BCUT2D eigenvalue weighted by atomic mass is 10.1. The highest BCUT2D eigenvalue weighted by molar-refractivity contribution is 7.80. The van der Waals surface area contributed by atoms with Crippen molar-refractivity contribution in [1.29, 1.82) is 0 Å². The number of rotatable bonds is 3. The average molecular weight is 324 g/mol. The minimum atomic E-state index is 0.479. The first kappa shape index (κ1) is 15.2. The lowest BCUT2D eigenvalue weighted by molar-refractivity contribution is 0.620. The van der Waals surface area contributed by atoms with Crippen LogP contribution in [0.4, 0.5) is 0 Å². The van der Waals surface area contributed by atoms with E-state index in [1.54, 1.807) is 7.05 Å². The number of hydrazone groups is 1. The second-order valence-electron chi connectivity index (χ2n) is 4.95. The van der Waals surface area contributed by atoms with Gasteiger partial charge in [-0.25, -0.2) is 4.98 Å². The van der Waals surface area contributed by atoms with Crippen LogP contribution in [0.2, 0.25) is 0 Å². The molecular weight excluding hydrogens is 308 g/mol. The molecule has 1 aromatic heterocycles. The number of hydrogen-bond donors (Lipinski definition) is 2. The Balaban J connectivity index is 1.82. The largest absolute Gasteiger partial charge is 0.436 e. The van der Waals surface area contributed by atoms with Gasteiger partial charge in [-0.2, -0.15) is 5.10 Å². The smallest absolute Gasteiger partial charge is 0.227 e. The number of thiocarbonyl (C=S) groups is 1. The van der Waals surface area contributed by atoms with Gasteiger partial charge in [0.25, 0.3) is 0 Å². The summed E-state index contributed by atoms with van der Waals surface area (Å²) in [6, 6.07) is 15.6. The van der Waals surface area contributed by atoms with Gasteiger partial charge in [0, 0.05) is 12.6 Å². The van der Waals surface area contributed by atoms with Crippen LogP contribution in [0.5, 0.6) is 0 Å². The summed E-state index contributed by atoms with van der Waals surface area (Å²) in [5, 5.41) is 7.51. The van der Waals surface area contributed by atoms with Gasteiger partial charge in [-0.15, -0.1) is 0 Å². The topological polar surface area (TPSA) is 62.5 Å². The van der Waals surface area contributed by atoms with Crippen LogP contribution in [0.25, 0.3) is 22.6 Å². The van der Waals surface area contributed by atoms with Crippen LogP contribution >= 0.6 is 12.2 Å². The predicted molar refractivity (Wildman–Crippen MR) is 96.4 cm³/mol. The number of benzene rings is 2. The Morgan fingerprint density at radius 2 is 1.87 bits per heavy atom. The van der Waals surface area contributed by atoms with Crippen LogP contribution in [-0.4, -0.2) is 22.9 Å². The van der Waals surface area contributed by atoms with E-state index in [4.69, 9.17) is 16.6 Å². The van der Waals surface area contributed by atoms with Gasteiger partial charge in [-0.1, -0.05) is 24.3 Å². The Hall–Kier alpha value is -2.73. The summed E-state index contributed by atoms with van der Waals surface area (Å²) < 4.78 is 5.77. The van der Waals surface area contributed by atoms with Crippen molar-refractivity contribution in [3.05, 3.63) is 54.1 Å². The third-order valence-corrected chi connectivity index (χ3v) is 3.69. The summed E-state index contributed by atoms with van der Waals surface area (Å²) >= 11 is 4.99. The van der Waals surface area contributed by atoms with Crippen LogP contribution in [0.1, 0.15) is 12.5 Å². The van der Waals surface area contributed by atoms with Crippen LogP contribution in [0, 0.1) is 0 Å². The highest BCUT2D eigenvalue weighted by Gasteiger charge is 2.08. The zero-order valence-electron chi connectivity index (χ0n) is 12.8. The van der Waals surface area contributed by atoms with Gasteiger partial charge < -0.3 is 9.73 Å². The summed E-state index contributed by atoms with van der Waals surface area (Å²) in [4.78, 5) is 4.49. The Morgan fingerprint density at radius 3 is 2.57 bits per heavy atom. The summed E-state index contributed by atoms with van der Waals surface area (Å²) in [5.74, 6) is 0.613. The maximum atomic E-state index is 5.77. The molecule has 0 bridgehead atoms. The molecule has 0 aliphatic rings. The fourth-order valence-corrected chi connectivity index (χ4v) is 2.15. The number of fused-ring (bicyclic) bond motifs is 1. The maximum Gasteiger partial charge on any atom is 0.227 e. The molecule has 3 rings (SSSR count). The second kappa shape index (κ2) is 6.58. The summed E-state index contributed by atoms with van der Waals surface area (Å²) in [6.07, 6.45) is 0. The number of nitrogens with one attached hydrogen (secondary N) is 2. The van der Waals surface area contributed by atoms with Gasteiger partial charge in [0.2, 0.25) is 5.89 Å². The van der Waals surface area contributed by atoms with Crippen LogP contribution < -0.4 is 10.7 Å². The molecule has 0 aliphatic carbocycles. The monoisotopic (exact) mass is 324 g/mol. The molecule has 5 nitrogen and oxygen atoms in total. The van der Waals surface area contributed by atoms with Crippen LogP contribution in [0.3, 0.4) is 0 Å². The minimum Gasteiger partial charge on any atom is -0.436 e. The lowest BCUT2D eigenvalue weighted by Crippen LogP contribution is -2.29. The zero-order chi connectivity index (χ0) is 16.2. The molecule has 0 amide bonds. The molecule has 2 aromatic carbocycles. The zero-order valence-corrected chi connectivity index (χ0v) is 13.6. The number of nitrogens with zero attached hydrogens (tertiary/aromatic N) is 2. The molecule has 3 aromatic rings. The molecule has 0 spiro atoms. The molecule has 0 radical (unpaired) electrons. The van der Waals surface area contributed by atoms with Gasteiger partial charge in [0.05, 0.1) is 5.71 Å². The molecule has 0 aliphatic heterocycles. The minimum absolute atomic E-state index is 0.479. The van der Waals surface area contributed by atoms with E-state index in [1.807, 2.05) is 55.5 Å². The first-order chi connectivity index (χ1) is 11.2. The first-order valence-corrected chi connectivity index (χ1v) is 7.56. The SMILES string of the molecule is CNC(=S)N/N=C(\C)c1ccc(-c2nc3ccccc3o2)cc1. The van der Waals surface area contributed by atoms with Crippen molar-refractivity contribution in [1.82, 2.24) is 15.7 Å². The number of hydrogen-bond acceptors (Lipinski definition) is 4. The van der Waals surface area contributed by atoms with Gasteiger partial charge in [0.15, 0.2) is 10.7 Å². The molecule has 116 valence electrons. The van der Waals surface area contributed by atoms with Gasteiger partial charge in [-0.05, 0) is 49.0 Å². The van der Waals surface area contributed by atoms with E-state index in [1.165, 1.54) is 0 Å². The van der Waals surface area contributed by atoms with Crippen molar-refractivity contribution >= 4 is 34.1 Å². The van der Waals surface area contributed by atoms with Crippen LogP contribution in [0.15, 0.2) is 58.0 Å². The fraction of sp³-hybridized carbons (Fsp3) is 0.118. The summed E-state index contributed by atoms with van der Waals surface area (Å²) in [6.45, 7) is 1.92. The van der Waals surface area contributed by atoms with Crippen molar-refractivity contribution in [2.75, 3.05) is 7.05 Å². The molecule has 0 saturated carbocycles. The quantitative estimate of drug-likeness (QED) is 0.440. The second-order valence-corrected chi connectivity index (χ2v) is 5.36. The van der Waals surface area contributed by atoms with Gasteiger partial charge in [0.1, 0.15) is 5.52 Å². The van der Waals surface area contributed by atoms with E-state index >= 15 is 0 Å². The Labute approximate surface area is 139 Å². The summed E-state index contributed by atoms with van der Waals surface area (Å²) in [7, 11) is 1.75. The van der Waals surface area contributed by atoms with E-state index in [2.05, 4.69) is 20.8 Å². The van der Waals surface area contributed by atoms with E-state index in [-0.39, 0.29) is 0 Å². The molecular formula is C17H16N4OS. The molecule has 6 heteroatoms. The van der Waals surface area contributed by atoms with E-state index in [0.29, 0.717) is 11.0 Å². The molecule has 0 unspecified atom stereocenters. The Bertz CT molecular complexity index is 835. The predicted octanol–water partition coefficient (Wildman–Crippen LogP) is 3.31. The van der Waals surface area contributed by atoms with E-state index in [9.17, 15) is 0 Å².